The van der Waals surface area contributed by atoms with E-state index in [1.54, 1.807) is 11.3 Å². The first-order valence-electron chi connectivity index (χ1n) is 8.58. The van der Waals surface area contributed by atoms with Gasteiger partial charge >= 0.3 is 0 Å². The molecule has 128 valence electrons. The molecule has 0 amide bonds. The lowest BCUT2D eigenvalue weighted by atomic mass is 9.95. The van der Waals surface area contributed by atoms with Crippen LogP contribution in [0.1, 0.15) is 35.8 Å². The molecule has 0 unspecified atom stereocenters. The minimum atomic E-state index is 0.551. The van der Waals surface area contributed by atoms with E-state index in [1.165, 1.54) is 5.69 Å². The summed E-state index contributed by atoms with van der Waals surface area (Å²) in [5, 5.41) is 13.5. The molecule has 5 rings (SSSR count). The smallest absolute Gasteiger partial charge is 0.212 e. The van der Waals surface area contributed by atoms with Crippen LogP contribution in [0.25, 0.3) is 21.2 Å². The van der Waals surface area contributed by atoms with E-state index >= 15 is 0 Å². The van der Waals surface area contributed by atoms with Crippen molar-refractivity contribution in [3.8, 4) is 10.6 Å². The van der Waals surface area contributed by atoms with Gasteiger partial charge in [-0.05, 0) is 51.4 Å². The highest BCUT2D eigenvalue weighted by atomic mass is 32.1. The zero-order chi connectivity index (χ0) is 17.0. The highest BCUT2D eigenvalue weighted by Gasteiger charge is 2.20. The molecular formula is C17H19N7S. The number of hydrogen-bond donors (Lipinski definition) is 1. The summed E-state index contributed by atoms with van der Waals surface area (Å²) in [7, 11) is 0. The fourth-order valence-corrected chi connectivity index (χ4v) is 4.39. The van der Waals surface area contributed by atoms with Gasteiger partial charge in [-0.2, -0.15) is 10.2 Å². The van der Waals surface area contributed by atoms with E-state index in [4.69, 9.17) is 10.1 Å². The normalized spacial score (nSPS) is 16.2. The summed E-state index contributed by atoms with van der Waals surface area (Å²) in [5.74, 6) is 1.33. The lowest BCUT2D eigenvalue weighted by Gasteiger charge is -2.20. The molecule has 1 aliphatic rings. The monoisotopic (exact) mass is 353 g/mol. The highest BCUT2D eigenvalue weighted by Crippen LogP contribution is 2.30. The van der Waals surface area contributed by atoms with Crippen molar-refractivity contribution < 1.29 is 0 Å². The first-order chi connectivity index (χ1) is 12.2. The number of aryl methyl sites for hydroxylation is 2. The minimum Gasteiger partial charge on any atom is -0.317 e. The molecule has 4 aromatic rings. The van der Waals surface area contributed by atoms with Crippen LogP contribution in [-0.2, 0) is 0 Å². The van der Waals surface area contributed by atoms with Gasteiger partial charge in [-0.25, -0.2) is 19.0 Å². The predicted molar refractivity (Wildman–Crippen MR) is 97.2 cm³/mol. The maximum Gasteiger partial charge on any atom is 0.212 e. The van der Waals surface area contributed by atoms with E-state index in [2.05, 4.69) is 34.6 Å². The van der Waals surface area contributed by atoms with Crippen molar-refractivity contribution in [3.05, 3.63) is 35.5 Å². The van der Waals surface area contributed by atoms with E-state index in [9.17, 15) is 0 Å². The molecule has 0 bridgehead atoms. The Hall–Kier alpha value is -2.32. The van der Waals surface area contributed by atoms with Crippen molar-refractivity contribution in [3.63, 3.8) is 0 Å². The van der Waals surface area contributed by atoms with Crippen LogP contribution >= 0.6 is 11.3 Å². The largest absolute Gasteiger partial charge is 0.317 e. The van der Waals surface area contributed by atoms with Crippen LogP contribution in [0, 0.1) is 13.8 Å². The molecule has 7 nitrogen and oxygen atoms in total. The Kier molecular flexibility index (Phi) is 3.36. The number of imidazole rings is 1. The Morgan fingerprint density at radius 2 is 1.92 bits per heavy atom. The maximum atomic E-state index is 4.83. The minimum absolute atomic E-state index is 0.551. The summed E-state index contributed by atoms with van der Waals surface area (Å²) in [6, 6.07) is 2.12. The van der Waals surface area contributed by atoms with Crippen LogP contribution in [-0.4, -0.2) is 42.3 Å². The number of nitrogens with zero attached hydrogens (tertiary/aromatic N) is 6. The van der Waals surface area contributed by atoms with Crippen LogP contribution in [0.3, 0.4) is 0 Å². The number of fused-ring (bicyclic) bond motifs is 2. The van der Waals surface area contributed by atoms with Crippen LogP contribution in [0.15, 0.2) is 18.5 Å². The standard InChI is InChI=1S/C17H19N7S/c1-10-7-13(8-23-15(10)19-11(2)21-23)16-22-24-9-14(20-17(24)25-16)12-3-5-18-6-4-12/h7-9,12,18H,3-6H2,1-2H3. The molecule has 0 saturated carbocycles. The molecule has 1 aliphatic heterocycles. The average Bonchev–Trinajstić information content (AvgIpc) is 3.27. The quantitative estimate of drug-likeness (QED) is 0.600. The van der Waals surface area contributed by atoms with Gasteiger partial charge in [-0.1, -0.05) is 11.3 Å². The molecule has 1 saturated heterocycles. The lowest BCUT2D eigenvalue weighted by Crippen LogP contribution is -2.26. The third-order valence-electron chi connectivity index (χ3n) is 4.79. The summed E-state index contributed by atoms with van der Waals surface area (Å²) in [6.45, 7) is 6.11. The number of aromatic nitrogens is 6. The summed E-state index contributed by atoms with van der Waals surface area (Å²) in [4.78, 5) is 10.2. The molecule has 1 fully saturated rings. The fraction of sp³-hybridized carbons (Fsp3) is 0.412. The van der Waals surface area contributed by atoms with Gasteiger partial charge in [0.15, 0.2) is 5.65 Å². The van der Waals surface area contributed by atoms with E-state index in [0.717, 1.165) is 58.5 Å². The second kappa shape index (κ2) is 5.60. The van der Waals surface area contributed by atoms with Crippen LogP contribution in [0.5, 0.6) is 0 Å². The van der Waals surface area contributed by atoms with Gasteiger partial charge in [0, 0.05) is 17.7 Å². The van der Waals surface area contributed by atoms with Crippen molar-refractivity contribution >= 4 is 21.9 Å². The zero-order valence-electron chi connectivity index (χ0n) is 14.2. The molecular weight excluding hydrogens is 334 g/mol. The van der Waals surface area contributed by atoms with Crippen LogP contribution in [0.2, 0.25) is 0 Å². The second-order valence-electron chi connectivity index (χ2n) is 6.66. The number of hydrogen-bond acceptors (Lipinski definition) is 6. The number of rotatable bonds is 2. The molecule has 0 radical (unpaired) electrons. The summed E-state index contributed by atoms with van der Waals surface area (Å²) < 4.78 is 3.76. The highest BCUT2D eigenvalue weighted by molar-refractivity contribution is 7.19. The molecule has 8 heteroatoms. The first kappa shape index (κ1) is 15.0. The van der Waals surface area contributed by atoms with Crippen molar-refractivity contribution in [2.45, 2.75) is 32.6 Å². The Bertz CT molecular complexity index is 1040. The zero-order valence-corrected chi connectivity index (χ0v) is 15.0. The van der Waals surface area contributed by atoms with Gasteiger partial charge in [0.25, 0.3) is 0 Å². The van der Waals surface area contributed by atoms with Gasteiger partial charge in [-0.3, -0.25) is 0 Å². The number of piperidine rings is 1. The summed E-state index contributed by atoms with van der Waals surface area (Å²) >= 11 is 1.62. The van der Waals surface area contributed by atoms with Gasteiger partial charge in [0.2, 0.25) is 4.96 Å². The van der Waals surface area contributed by atoms with E-state index < -0.39 is 0 Å². The second-order valence-corrected chi connectivity index (χ2v) is 7.62. The van der Waals surface area contributed by atoms with Gasteiger partial charge < -0.3 is 5.32 Å². The molecule has 0 aliphatic carbocycles. The number of nitrogens with one attached hydrogen (secondary N) is 1. The van der Waals surface area contributed by atoms with E-state index in [1.807, 2.05) is 22.2 Å². The summed E-state index contributed by atoms with van der Waals surface area (Å²) in [6.07, 6.45) is 6.39. The van der Waals surface area contributed by atoms with Gasteiger partial charge in [0.05, 0.1) is 11.9 Å². The summed E-state index contributed by atoms with van der Waals surface area (Å²) in [5.41, 5.74) is 4.22. The Labute approximate surface area is 148 Å². The average molecular weight is 353 g/mol. The van der Waals surface area contributed by atoms with Crippen LogP contribution in [0.4, 0.5) is 0 Å². The Balaban J connectivity index is 1.53. The van der Waals surface area contributed by atoms with Gasteiger partial charge in [-0.15, -0.1) is 0 Å². The van der Waals surface area contributed by atoms with Crippen molar-refractivity contribution in [1.29, 1.82) is 0 Å². The molecule has 0 aromatic carbocycles. The molecule has 4 aromatic heterocycles. The Morgan fingerprint density at radius 3 is 2.72 bits per heavy atom. The molecule has 0 spiro atoms. The first-order valence-corrected chi connectivity index (χ1v) is 9.40. The molecule has 1 N–H and O–H groups in total. The van der Waals surface area contributed by atoms with E-state index in [-0.39, 0.29) is 0 Å². The van der Waals surface area contributed by atoms with Crippen molar-refractivity contribution in [1.82, 2.24) is 34.5 Å². The molecule has 5 heterocycles. The Morgan fingerprint density at radius 1 is 1.08 bits per heavy atom. The third kappa shape index (κ3) is 2.52. The topological polar surface area (TPSA) is 72.4 Å². The third-order valence-corrected chi connectivity index (χ3v) is 5.76. The van der Waals surface area contributed by atoms with Crippen LogP contribution < -0.4 is 5.32 Å². The molecule has 0 atom stereocenters. The fourth-order valence-electron chi connectivity index (χ4n) is 3.52. The maximum absolute atomic E-state index is 4.83. The van der Waals surface area contributed by atoms with Crippen molar-refractivity contribution in [2.24, 2.45) is 0 Å². The lowest BCUT2D eigenvalue weighted by molar-refractivity contribution is 0.454. The number of pyridine rings is 1. The predicted octanol–water partition coefficient (Wildman–Crippen LogP) is 2.58. The molecule has 25 heavy (non-hydrogen) atoms. The van der Waals surface area contributed by atoms with Gasteiger partial charge in [0.1, 0.15) is 10.8 Å². The van der Waals surface area contributed by atoms with Crippen molar-refractivity contribution in [2.75, 3.05) is 13.1 Å². The SMILES string of the molecule is Cc1nc2c(C)cc(-c3nn4cc(C5CCNCC5)nc4s3)cn2n1. The van der Waals surface area contributed by atoms with E-state index in [0.29, 0.717) is 5.92 Å².